The highest BCUT2D eigenvalue weighted by molar-refractivity contribution is 6.05. The van der Waals surface area contributed by atoms with E-state index in [0.29, 0.717) is 60.6 Å². The van der Waals surface area contributed by atoms with Gasteiger partial charge in [0.1, 0.15) is 0 Å². The Kier molecular flexibility index (Phi) is 7.30. The number of carboxylic acids is 1. The van der Waals surface area contributed by atoms with E-state index < -0.39 is 5.97 Å². The Morgan fingerprint density at radius 3 is 2.21 bits per heavy atom. The Balaban J connectivity index is 2.18. The molecule has 0 unspecified atom stereocenters. The van der Waals surface area contributed by atoms with Gasteiger partial charge in [-0.25, -0.2) is 9.78 Å². The molecule has 152 valence electrons. The van der Waals surface area contributed by atoms with Crippen molar-refractivity contribution in [1.29, 1.82) is 0 Å². The van der Waals surface area contributed by atoms with E-state index in [1.165, 1.54) is 0 Å². The van der Waals surface area contributed by atoms with Gasteiger partial charge >= 0.3 is 5.97 Å². The molecular weight excluding hydrogens is 368 g/mol. The van der Waals surface area contributed by atoms with Crippen LogP contribution in [0.4, 0.5) is 0 Å². The number of hydrogen-bond donors (Lipinski definition) is 1. The van der Waals surface area contributed by atoms with Crippen molar-refractivity contribution < 1.29 is 19.4 Å². The van der Waals surface area contributed by atoms with Crippen LogP contribution in [0.15, 0.2) is 54.6 Å². The number of carbonyl (C=O) groups is 1. The highest BCUT2D eigenvalue weighted by Crippen LogP contribution is 2.31. The summed E-state index contributed by atoms with van der Waals surface area (Å²) in [6, 6.07) is 17.1. The number of nitrogens with zero attached hydrogens (tertiary/aromatic N) is 2. The molecule has 0 radical (unpaired) electrons. The van der Waals surface area contributed by atoms with Crippen LogP contribution in [-0.2, 0) is 16.0 Å². The number of benzene rings is 2. The van der Waals surface area contributed by atoms with Crippen molar-refractivity contribution in [2.24, 2.45) is 0 Å². The molecule has 0 saturated carbocycles. The lowest BCUT2D eigenvalue weighted by molar-refractivity contribution is 0.0695. The first-order valence-corrected chi connectivity index (χ1v) is 9.56. The number of pyridine rings is 1. The third kappa shape index (κ3) is 4.98. The predicted octanol–water partition coefficient (Wildman–Crippen LogP) is 3.69. The first-order valence-electron chi connectivity index (χ1n) is 9.56. The zero-order valence-electron chi connectivity index (χ0n) is 16.8. The van der Waals surface area contributed by atoms with E-state index in [1.54, 1.807) is 14.2 Å². The van der Waals surface area contributed by atoms with Crippen molar-refractivity contribution in [3.63, 3.8) is 0 Å². The summed E-state index contributed by atoms with van der Waals surface area (Å²) in [5.41, 5.74) is 3.27. The van der Waals surface area contributed by atoms with Crippen LogP contribution in [0, 0.1) is 0 Å². The van der Waals surface area contributed by atoms with Crippen LogP contribution >= 0.6 is 0 Å². The monoisotopic (exact) mass is 394 g/mol. The van der Waals surface area contributed by atoms with Gasteiger partial charge < -0.3 is 14.6 Å². The van der Waals surface area contributed by atoms with Gasteiger partial charge in [-0.1, -0.05) is 48.5 Å². The Morgan fingerprint density at radius 1 is 0.966 bits per heavy atom. The third-order valence-corrected chi connectivity index (χ3v) is 4.86. The second-order valence-corrected chi connectivity index (χ2v) is 6.76. The minimum absolute atomic E-state index is 0.300. The molecule has 1 heterocycles. The molecule has 3 aromatic rings. The summed E-state index contributed by atoms with van der Waals surface area (Å²) in [5, 5.41) is 10.8. The average Bonchev–Trinajstić information content (AvgIpc) is 2.75. The van der Waals surface area contributed by atoms with E-state index in [0.717, 1.165) is 5.56 Å². The lowest BCUT2D eigenvalue weighted by atomic mass is 9.96. The van der Waals surface area contributed by atoms with Gasteiger partial charge in [0.15, 0.2) is 0 Å². The molecule has 0 aliphatic carbocycles. The number of methoxy groups -OCH3 is 2. The Morgan fingerprint density at radius 2 is 1.59 bits per heavy atom. The number of carboxylic acid groups (broad SMARTS) is 1. The van der Waals surface area contributed by atoms with Gasteiger partial charge in [0.05, 0.1) is 30.0 Å². The number of hydrogen-bond acceptors (Lipinski definition) is 5. The van der Waals surface area contributed by atoms with E-state index in [9.17, 15) is 9.90 Å². The van der Waals surface area contributed by atoms with E-state index in [-0.39, 0.29) is 0 Å². The number of aromatic nitrogens is 1. The minimum atomic E-state index is -0.950. The van der Waals surface area contributed by atoms with Gasteiger partial charge in [0.25, 0.3) is 0 Å². The van der Waals surface area contributed by atoms with Crippen molar-refractivity contribution in [3.8, 4) is 11.3 Å². The van der Waals surface area contributed by atoms with Crippen LogP contribution in [0.25, 0.3) is 22.2 Å². The predicted molar refractivity (Wildman–Crippen MR) is 113 cm³/mol. The van der Waals surface area contributed by atoms with Crippen molar-refractivity contribution in [1.82, 2.24) is 9.88 Å². The Bertz CT molecular complexity index is 952. The molecule has 3 rings (SSSR count). The first kappa shape index (κ1) is 20.9. The minimum Gasteiger partial charge on any atom is -0.478 e. The Labute approximate surface area is 170 Å². The molecule has 0 amide bonds. The molecule has 0 aliphatic rings. The summed E-state index contributed by atoms with van der Waals surface area (Å²) in [6.45, 7) is 2.87. The Hall–Kier alpha value is -2.80. The average molecular weight is 394 g/mol. The smallest absolute Gasteiger partial charge is 0.336 e. The standard InChI is InChI=1S/C23H26N2O4/c1-28-14-12-25(13-15-29-2)16-19-21(23(26)27)18-10-6-7-11-20(18)24-22(19)17-8-4-3-5-9-17/h3-11H,12-16H2,1-2H3,(H,26,27). The van der Waals surface area contributed by atoms with Crippen LogP contribution < -0.4 is 0 Å². The SMILES string of the molecule is COCCN(CCOC)Cc1c(-c2ccccc2)nc2ccccc2c1C(=O)O. The zero-order chi connectivity index (χ0) is 20.6. The van der Waals surface area contributed by atoms with E-state index >= 15 is 0 Å². The van der Waals surface area contributed by atoms with E-state index in [4.69, 9.17) is 14.5 Å². The third-order valence-electron chi connectivity index (χ3n) is 4.86. The summed E-state index contributed by atoms with van der Waals surface area (Å²) in [6.07, 6.45) is 0. The molecule has 1 aromatic heterocycles. The maximum Gasteiger partial charge on any atom is 0.336 e. The van der Waals surface area contributed by atoms with Crippen LogP contribution in [0.5, 0.6) is 0 Å². The largest absolute Gasteiger partial charge is 0.478 e. The van der Waals surface area contributed by atoms with Crippen LogP contribution in [0.3, 0.4) is 0 Å². The zero-order valence-corrected chi connectivity index (χ0v) is 16.8. The fourth-order valence-corrected chi connectivity index (χ4v) is 3.42. The molecule has 1 N–H and O–H groups in total. The highest BCUT2D eigenvalue weighted by Gasteiger charge is 2.22. The fourth-order valence-electron chi connectivity index (χ4n) is 3.42. The van der Waals surface area contributed by atoms with Gasteiger partial charge in [-0.05, 0) is 6.07 Å². The number of rotatable bonds is 10. The van der Waals surface area contributed by atoms with Gasteiger partial charge in [-0.3, -0.25) is 4.90 Å². The normalized spacial score (nSPS) is 11.3. The van der Waals surface area contributed by atoms with Crippen molar-refractivity contribution >= 4 is 16.9 Å². The molecule has 0 spiro atoms. The summed E-state index contributed by atoms with van der Waals surface area (Å²) < 4.78 is 10.5. The van der Waals surface area contributed by atoms with Gasteiger partial charge in [0.2, 0.25) is 0 Å². The topological polar surface area (TPSA) is 71.9 Å². The number of para-hydroxylation sites is 1. The molecule has 6 heteroatoms. The molecule has 2 aromatic carbocycles. The fraction of sp³-hybridized carbons (Fsp3) is 0.304. The molecule has 0 bridgehead atoms. The molecule has 0 aliphatic heterocycles. The highest BCUT2D eigenvalue weighted by atomic mass is 16.5. The maximum absolute atomic E-state index is 12.3. The molecule has 0 fully saturated rings. The quantitative estimate of drug-likeness (QED) is 0.565. The van der Waals surface area contributed by atoms with Crippen molar-refractivity contribution in [2.75, 3.05) is 40.5 Å². The summed E-state index contributed by atoms with van der Waals surface area (Å²) in [4.78, 5) is 19.3. The van der Waals surface area contributed by atoms with Gasteiger partial charge in [-0.15, -0.1) is 0 Å². The van der Waals surface area contributed by atoms with Crippen LogP contribution in [0.2, 0.25) is 0 Å². The molecule has 0 saturated heterocycles. The first-order chi connectivity index (χ1) is 14.2. The van der Waals surface area contributed by atoms with Gasteiger partial charge in [0, 0.05) is 50.4 Å². The molecular formula is C23H26N2O4. The molecule has 0 atom stereocenters. The van der Waals surface area contributed by atoms with Crippen LogP contribution in [-0.4, -0.2) is 61.5 Å². The van der Waals surface area contributed by atoms with E-state index in [1.807, 2.05) is 54.6 Å². The van der Waals surface area contributed by atoms with Crippen molar-refractivity contribution in [3.05, 3.63) is 65.7 Å². The van der Waals surface area contributed by atoms with Crippen molar-refractivity contribution in [2.45, 2.75) is 6.54 Å². The number of aromatic carboxylic acids is 1. The van der Waals surface area contributed by atoms with Gasteiger partial charge in [-0.2, -0.15) is 0 Å². The van der Waals surface area contributed by atoms with Crippen LogP contribution in [0.1, 0.15) is 15.9 Å². The second-order valence-electron chi connectivity index (χ2n) is 6.76. The maximum atomic E-state index is 12.3. The summed E-state index contributed by atoms with van der Waals surface area (Å²) in [5.74, 6) is -0.950. The molecule has 29 heavy (non-hydrogen) atoms. The van der Waals surface area contributed by atoms with E-state index in [2.05, 4.69) is 4.90 Å². The number of fused-ring (bicyclic) bond motifs is 1. The summed E-state index contributed by atoms with van der Waals surface area (Å²) in [7, 11) is 3.31. The number of ether oxygens (including phenoxy) is 2. The summed E-state index contributed by atoms with van der Waals surface area (Å²) >= 11 is 0. The second kappa shape index (κ2) is 10.1. The molecule has 6 nitrogen and oxygen atoms in total. The lowest BCUT2D eigenvalue weighted by Crippen LogP contribution is -2.31. The lowest BCUT2D eigenvalue weighted by Gasteiger charge is -2.24.